The molecule has 1 aliphatic heterocycles. The molecule has 9 heavy (non-hydrogen) atoms. The molecule has 1 aliphatic rings. The van der Waals surface area contributed by atoms with Crippen LogP contribution in [-0.4, -0.2) is 36.6 Å². The third kappa shape index (κ3) is 7.62. The van der Waals surface area contributed by atoms with Crippen molar-refractivity contribution < 1.29 is 14.9 Å². The van der Waals surface area contributed by atoms with Gasteiger partial charge in [-0.15, -0.1) is 0 Å². The molecule has 0 saturated carbocycles. The van der Waals surface area contributed by atoms with Gasteiger partial charge in [-0.2, -0.15) is 0 Å². The zero-order valence-electron chi connectivity index (χ0n) is 5.29. The smallest absolute Gasteiger partial charge is 0.0662 e. The number of rotatable bonds is 1. The molecule has 0 spiro atoms. The summed E-state index contributed by atoms with van der Waals surface area (Å²) in [6, 6.07) is 0. The highest BCUT2D eigenvalue weighted by Gasteiger charge is 1.83. The van der Waals surface area contributed by atoms with Gasteiger partial charge in [0.25, 0.3) is 0 Å². The van der Waals surface area contributed by atoms with Gasteiger partial charge in [-0.25, -0.2) is 0 Å². The maximum atomic E-state index is 7.62. The number of aliphatic hydroxyl groups excluding tert-OH is 2. The molecule has 54 valence electrons. The summed E-state index contributed by atoms with van der Waals surface area (Å²) in [4.78, 5) is 0. The van der Waals surface area contributed by atoms with Crippen molar-refractivity contribution in [2.24, 2.45) is 0 Å². The van der Waals surface area contributed by atoms with Gasteiger partial charge in [0.1, 0.15) is 0 Å². The van der Waals surface area contributed by atoms with Crippen molar-refractivity contribution in [2.75, 3.05) is 26.4 Å². The van der Waals surface area contributed by atoms with Crippen LogP contribution in [0.2, 0.25) is 0 Å². The van der Waals surface area contributed by atoms with Gasteiger partial charge in [0.15, 0.2) is 0 Å². The van der Waals surface area contributed by atoms with Gasteiger partial charge >= 0.3 is 0 Å². The van der Waals surface area contributed by atoms with Crippen molar-refractivity contribution in [3.8, 4) is 0 Å². The maximum absolute atomic E-state index is 7.62. The second-order valence-electron chi connectivity index (χ2n) is 1.46. The molecule has 3 nitrogen and oxygen atoms in total. The molecule has 0 aromatic rings. The molecule has 0 saturated heterocycles. The molecule has 0 radical (unpaired) electrons. The Morgan fingerprint density at radius 3 is 1.67 bits per heavy atom. The minimum absolute atomic E-state index is 0.125. The van der Waals surface area contributed by atoms with Crippen molar-refractivity contribution in [3.63, 3.8) is 0 Å². The van der Waals surface area contributed by atoms with Gasteiger partial charge < -0.3 is 14.9 Å². The molecule has 2 N–H and O–H groups in total. The van der Waals surface area contributed by atoms with Crippen molar-refractivity contribution in [2.45, 2.75) is 0 Å². The Bertz CT molecular complexity index is 62.7. The van der Waals surface area contributed by atoms with E-state index in [1.165, 1.54) is 0 Å². The summed E-state index contributed by atoms with van der Waals surface area (Å²) in [5.74, 6) is 0. The summed E-state index contributed by atoms with van der Waals surface area (Å²) >= 11 is 0. The third-order valence-electron chi connectivity index (χ3n) is 0.695. The van der Waals surface area contributed by atoms with Gasteiger partial charge in [-0.3, -0.25) is 0 Å². The second-order valence-corrected chi connectivity index (χ2v) is 1.46. The highest BCUT2D eigenvalue weighted by Crippen LogP contribution is 1.85. The van der Waals surface area contributed by atoms with Crippen LogP contribution in [0.5, 0.6) is 0 Å². The quantitative estimate of drug-likeness (QED) is 0.475. The number of hydrogen-bond acceptors (Lipinski definition) is 3. The predicted molar refractivity (Wildman–Crippen MR) is 34.1 cm³/mol. The van der Waals surface area contributed by atoms with E-state index >= 15 is 0 Å². The molecule has 3 heteroatoms. The van der Waals surface area contributed by atoms with Crippen LogP contribution in [-0.2, 0) is 4.74 Å². The average molecular weight is 132 g/mol. The molecular formula is C6H12O3. The first-order valence-corrected chi connectivity index (χ1v) is 2.86. The van der Waals surface area contributed by atoms with Gasteiger partial charge in [0.2, 0.25) is 0 Å². The molecule has 0 aliphatic carbocycles. The minimum Gasteiger partial charge on any atom is -0.394 e. The zero-order chi connectivity index (χ0) is 6.95. The number of hydrogen-bond donors (Lipinski definition) is 2. The fourth-order valence-electron chi connectivity index (χ4n) is 0.340. The Labute approximate surface area is 54.6 Å². The Balaban J connectivity index is 0.000000148. The Morgan fingerprint density at radius 2 is 1.56 bits per heavy atom. The summed E-state index contributed by atoms with van der Waals surface area (Å²) in [7, 11) is 0. The molecule has 1 rings (SSSR count). The minimum atomic E-state index is -0.125. The van der Waals surface area contributed by atoms with Crippen LogP contribution in [0.15, 0.2) is 12.2 Å². The first kappa shape index (κ1) is 8.62. The van der Waals surface area contributed by atoms with Crippen molar-refractivity contribution in [3.05, 3.63) is 12.2 Å². The first-order valence-electron chi connectivity index (χ1n) is 2.86. The van der Waals surface area contributed by atoms with Gasteiger partial charge in [0, 0.05) is 0 Å². The van der Waals surface area contributed by atoms with E-state index in [-0.39, 0.29) is 13.2 Å². The topological polar surface area (TPSA) is 49.7 Å². The molecule has 0 aromatic carbocycles. The SMILES string of the molecule is C1=CCOC1.OCCO. The molecule has 0 unspecified atom stereocenters. The zero-order valence-corrected chi connectivity index (χ0v) is 5.29. The van der Waals surface area contributed by atoms with Crippen LogP contribution in [0, 0.1) is 0 Å². The van der Waals surface area contributed by atoms with E-state index in [1.807, 2.05) is 12.2 Å². The monoisotopic (exact) mass is 132 g/mol. The second kappa shape index (κ2) is 7.62. The lowest BCUT2D eigenvalue weighted by Gasteiger charge is -1.77. The largest absolute Gasteiger partial charge is 0.394 e. The van der Waals surface area contributed by atoms with E-state index in [9.17, 15) is 0 Å². The summed E-state index contributed by atoms with van der Waals surface area (Å²) in [5.41, 5.74) is 0. The maximum Gasteiger partial charge on any atom is 0.0662 e. The van der Waals surface area contributed by atoms with Crippen LogP contribution in [0.4, 0.5) is 0 Å². The molecule has 0 atom stereocenters. The van der Waals surface area contributed by atoms with Crippen LogP contribution in [0.25, 0.3) is 0 Å². The Kier molecular flexibility index (Phi) is 7.30. The average Bonchev–Trinajstić information content (AvgIpc) is 2.43. The standard InChI is InChI=1S/C4H6O.C2H6O2/c1-2-4-5-3-1;3-1-2-4/h1-2H,3-4H2;3-4H,1-2H2. The van der Waals surface area contributed by atoms with E-state index in [1.54, 1.807) is 0 Å². The van der Waals surface area contributed by atoms with Gasteiger partial charge in [0.05, 0.1) is 26.4 Å². The summed E-state index contributed by atoms with van der Waals surface area (Å²) in [6.45, 7) is 1.39. The number of ether oxygens (including phenoxy) is 1. The van der Waals surface area contributed by atoms with Crippen molar-refractivity contribution >= 4 is 0 Å². The normalized spacial score (nSPS) is 14.9. The van der Waals surface area contributed by atoms with E-state index in [4.69, 9.17) is 14.9 Å². The molecule has 0 bridgehead atoms. The van der Waals surface area contributed by atoms with Crippen LogP contribution >= 0.6 is 0 Å². The van der Waals surface area contributed by atoms with Crippen LogP contribution < -0.4 is 0 Å². The Hall–Kier alpha value is -0.380. The van der Waals surface area contributed by atoms with E-state index < -0.39 is 0 Å². The third-order valence-corrected chi connectivity index (χ3v) is 0.695. The lowest BCUT2D eigenvalue weighted by molar-refractivity contribution is 0.186. The summed E-state index contributed by atoms with van der Waals surface area (Å²) in [5, 5.41) is 15.2. The number of aliphatic hydroxyl groups is 2. The fraction of sp³-hybridized carbons (Fsp3) is 0.667. The lowest BCUT2D eigenvalue weighted by Crippen LogP contribution is -1.85. The molecule has 0 fully saturated rings. The predicted octanol–water partition coefficient (Wildman–Crippen LogP) is -0.456. The summed E-state index contributed by atoms with van der Waals surface area (Å²) in [6.07, 6.45) is 4.03. The van der Waals surface area contributed by atoms with Gasteiger partial charge in [-0.05, 0) is 0 Å². The van der Waals surface area contributed by atoms with Crippen molar-refractivity contribution in [1.82, 2.24) is 0 Å². The molecule has 0 aromatic heterocycles. The highest BCUT2D eigenvalue weighted by molar-refractivity contribution is 4.86. The molecular weight excluding hydrogens is 120 g/mol. The lowest BCUT2D eigenvalue weighted by atomic mass is 10.6. The molecule has 1 heterocycles. The van der Waals surface area contributed by atoms with E-state index in [2.05, 4.69) is 0 Å². The van der Waals surface area contributed by atoms with Crippen LogP contribution in [0.1, 0.15) is 0 Å². The van der Waals surface area contributed by atoms with Crippen LogP contribution in [0.3, 0.4) is 0 Å². The highest BCUT2D eigenvalue weighted by atomic mass is 16.5. The van der Waals surface area contributed by atoms with E-state index in [0.29, 0.717) is 0 Å². The van der Waals surface area contributed by atoms with Gasteiger partial charge in [-0.1, -0.05) is 12.2 Å². The fourth-order valence-corrected chi connectivity index (χ4v) is 0.340. The van der Waals surface area contributed by atoms with E-state index in [0.717, 1.165) is 13.2 Å². The molecule has 0 amide bonds. The summed E-state index contributed by atoms with van der Waals surface area (Å²) < 4.78 is 4.83. The first-order chi connectivity index (χ1) is 4.41. The van der Waals surface area contributed by atoms with Crippen molar-refractivity contribution in [1.29, 1.82) is 0 Å². The Morgan fingerprint density at radius 1 is 1.11 bits per heavy atom.